The van der Waals surface area contributed by atoms with Crippen molar-refractivity contribution in [1.29, 1.82) is 0 Å². The van der Waals surface area contributed by atoms with Gasteiger partial charge in [0.05, 0.1) is 22.7 Å². The molecule has 0 radical (unpaired) electrons. The minimum atomic E-state index is -0.776. The Kier molecular flexibility index (Phi) is 3.16. The van der Waals surface area contributed by atoms with Crippen molar-refractivity contribution in [1.82, 2.24) is 4.98 Å². The molecular weight excluding hydrogens is 310 g/mol. The van der Waals surface area contributed by atoms with Crippen LogP contribution in [0.15, 0.2) is 16.7 Å². The summed E-state index contributed by atoms with van der Waals surface area (Å²) < 4.78 is 31.9. The predicted octanol–water partition coefficient (Wildman–Crippen LogP) is 2.64. The number of nitrogens with zero attached hydrogens (tertiary/aromatic N) is 1. The van der Waals surface area contributed by atoms with Gasteiger partial charge in [-0.15, -0.1) is 0 Å². The fourth-order valence-corrected chi connectivity index (χ4v) is 1.96. The molecule has 2 aromatic rings. The van der Waals surface area contributed by atoms with E-state index >= 15 is 0 Å². The Bertz CT molecular complexity index is 661. The van der Waals surface area contributed by atoms with E-state index < -0.39 is 17.6 Å². The Morgan fingerprint density at radius 2 is 2.17 bits per heavy atom. The molecule has 0 aliphatic heterocycles. The van der Waals surface area contributed by atoms with Crippen molar-refractivity contribution in [2.75, 3.05) is 12.8 Å². The van der Waals surface area contributed by atoms with E-state index in [4.69, 9.17) is 5.73 Å². The van der Waals surface area contributed by atoms with Crippen molar-refractivity contribution in [2.24, 2.45) is 0 Å². The van der Waals surface area contributed by atoms with Gasteiger partial charge in [0, 0.05) is 6.20 Å². The quantitative estimate of drug-likeness (QED) is 0.649. The highest BCUT2D eigenvalue weighted by molar-refractivity contribution is 9.10. The van der Waals surface area contributed by atoms with Crippen LogP contribution in [0.4, 0.5) is 14.5 Å². The summed E-state index contributed by atoms with van der Waals surface area (Å²) in [5.74, 6) is -2.27. The van der Waals surface area contributed by atoms with Gasteiger partial charge in [-0.25, -0.2) is 13.6 Å². The highest BCUT2D eigenvalue weighted by atomic mass is 79.9. The van der Waals surface area contributed by atoms with Crippen LogP contribution in [0, 0.1) is 11.6 Å². The lowest BCUT2D eigenvalue weighted by atomic mass is 10.1. The minimum Gasteiger partial charge on any atom is -0.465 e. The number of nitrogens with two attached hydrogens (primary N) is 1. The third kappa shape index (κ3) is 1.80. The third-order valence-electron chi connectivity index (χ3n) is 2.43. The zero-order valence-electron chi connectivity index (χ0n) is 9.13. The number of benzene rings is 1. The average molecular weight is 317 g/mol. The molecule has 0 spiro atoms. The van der Waals surface area contributed by atoms with Crippen molar-refractivity contribution in [2.45, 2.75) is 0 Å². The molecule has 0 fully saturated rings. The van der Waals surface area contributed by atoms with Crippen LogP contribution in [0.1, 0.15) is 10.4 Å². The van der Waals surface area contributed by atoms with Crippen LogP contribution in [0.5, 0.6) is 0 Å². The van der Waals surface area contributed by atoms with Crippen LogP contribution in [-0.4, -0.2) is 18.1 Å². The number of fused-ring (bicyclic) bond motifs is 1. The second kappa shape index (κ2) is 4.49. The topological polar surface area (TPSA) is 65.2 Å². The van der Waals surface area contributed by atoms with Gasteiger partial charge in [0.15, 0.2) is 5.82 Å². The second-order valence-corrected chi connectivity index (χ2v) is 4.31. The average Bonchev–Trinajstić information content (AvgIpc) is 2.35. The number of methoxy groups -OCH3 is 1. The molecule has 0 saturated heterocycles. The molecule has 1 aromatic carbocycles. The number of ether oxygens (including phenoxy) is 1. The van der Waals surface area contributed by atoms with Gasteiger partial charge in [-0.1, -0.05) is 0 Å². The largest absolute Gasteiger partial charge is 0.465 e. The zero-order valence-corrected chi connectivity index (χ0v) is 10.7. The number of esters is 1. The lowest BCUT2D eigenvalue weighted by molar-refractivity contribution is 0.0601. The third-order valence-corrected chi connectivity index (χ3v) is 3.01. The molecule has 0 aliphatic carbocycles. The number of halogens is 3. The highest BCUT2D eigenvalue weighted by Crippen LogP contribution is 2.32. The fraction of sp³-hybridized carbons (Fsp3) is 0.0909. The maximum absolute atomic E-state index is 13.9. The molecule has 7 heteroatoms. The van der Waals surface area contributed by atoms with Crippen LogP contribution >= 0.6 is 15.9 Å². The number of anilines is 1. The lowest BCUT2D eigenvalue weighted by Crippen LogP contribution is -2.08. The summed E-state index contributed by atoms with van der Waals surface area (Å²) in [6.07, 6.45) is 1.06. The summed E-state index contributed by atoms with van der Waals surface area (Å²) in [5.41, 5.74) is 5.12. The highest BCUT2D eigenvalue weighted by Gasteiger charge is 2.20. The van der Waals surface area contributed by atoms with E-state index in [2.05, 4.69) is 25.7 Å². The molecule has 1 aromatic heterocycles. The molecule has 0 atom stereocenters. The van der Waals surface area contributed by atoms with Crippen molar-refractivity contribution in [3.05, 3.63) is 33.9 Å². The number of carbonyl (C=O) groups is 1. The Balaban J connectivity index is 2.89. The zero-order chi connectivity index (χ0) is 13.4. The monoisotopic (exact) mass is 316 g/mol. The number of rotatable bonds is 1. The summed E-state index contributed by atoms with van der Waals surface area (Å²) in [5, 5.41) is -0.246. The van der Waals surface area contributed by atoms with E-state index in [0.717, 1.165) is 19.4 Å². The molecule has 0 aliphatic rings. The Hall–Kier alpha value is -1.76. The Morgan fingerprint density at radius 3 is 2.78 bits per heavy atom. The standard InChI is InChI=1S/C11H7BrF2N2O2/c1-18-11(17)4-3-16-10-6(13)2-5(12)8(14)7(10)9(4)15/h2-3H,1H3,(H2,15,16). The number of carbonyl (C=O) groups excluding carboxylic acids is 1. The predicted molar refractivity (Wildman–Crippen MR) is 65.1 cm³/mol. The molecule has 0 saturated carbocycles. The molecule has 0 bridgehead atoms. The van der Waals surface area contributed by atoms with E-state index in [1.165, 1.54) is 0 Å². The van der Waals surface area contributed by atoms with Gasteiger partial charge in [0.25, 0.3) is 0 Å². The van der Waals surface area contributed by atoms with E-state index in [0.29, 0.717) is 0 Å². The molecule has 18 heavy (non-hydrogen) atoms. The van der Waals surface area contributed by atoms with Gasteiger partial charge >= 0.3 is 5.97 Å². The van der Waals surface area contributed by atoms with Gasteiger partial charge in [0.2, 0.25) is 0 Å². The van der Waals surface area contributed by atoms with Crippen LogP contribution in [0.25, 0.3) is 10.9 Å². The van der Waals surface area contributed by atoms with Gasteiger partial charge in [0.1, 0.15) is 16.9 Å². The minimum absolute atomic E-state index is 0.0944. The van der Waals surface area contributed by atoms with E-state index in [1.54, 1.807) is 0 Å². The van der Waals surface area contributed by atoms with Crippen LogP contribution < -0.4 is 5.73 Å². The van der Waals surface area contributed by atoms with Gasteiger partial charge in [-0.2, -0.15) is 0 Å². The molecule has 0 unspecified atom stereocenters. The number of nitrogen functional groups attached to an aromatic ring is 1. The normalized spacial score (nSPS) is 10.7. The van der Waals surface area contributed by atoms with E-state index in [-0.39, 0.29) is 26.6 Å². The van der Waals surface area contributed by atoms with Crippen molar-refractivity contribution in [3.8, 4) is 0 Å². The first kappa shape index (κ1) is 12.7. The summed E-state index contributed by atoms with van der Waals surface area (Å²) in [6.45, 7) is 0. The van der Waals surface area contributed by atoms with E-state index in [9.17, 15) is 13.6 Å². The van der Waals surface area contributed by atoms with Crippen molar-refractivity contribution in [3.63, 3.8) is 0 Å². The number of hydrogen-bond donors (Lipinski definition) is 1. The first-order chi connectivity index (χ1) is 8.47. The summed E-state index contributed by atoms with van der Waals surface area (Å²) in [7, 11) is 1.16. The SMILES string of the molecule is COC(=O)c1cnc2c(F)cc(Br)c(F)c2c1N. The molecule has 1 heterocycles. The van der Waals surface area contributed by atoms with Crippen molar-refractivity contribution >= 4 is 38.5 Å². The van der Waals surface area contributed by atoms with Crippen LogP contribution in [0.3, 0.4) is 0 Å². The Labute approximate surface area is 109 Å². The van der Waals surface area contributed by atoms with Crippen LogP contribution in [0.2, 0.25) is 0 Å². The molecule has 2 N–H and O–H groups in total. The molecule has 0 amide bonds. The molecule has 4 nitrogen and oxygen atoms in total. The second-order valence-electron chi connectivity index (χ2n) is 3.45. The number of hydrogen-bond acceptors (Lipinski definition) is 4. The first-order valence-electron chi connectivity index (χ1n) is 4.77. The molecular formula is C11H7BrF2N2O2. The maximum Gasteiger partial charge on any atom is 0.341 e. The lowest BCUT2D eigenvalue weighted by Gasteiger charge is -2.09. The van der Waals surface area contributed by atoms with Gasteiger partial charge < -0.3 is 10.5 Å². The summed E-state index contributed by atoms with van der Waals surface area (Å²) >= 11 is 2.87. The molecule has 2 rings (SSSR count). The summed E-state index contributed by atoms with van der Waals surface area (Å²) in [4.78, 5) is 15.1. The van der Waals surface area contributed by atoms with Crippen molar-refractivity contribution < 1.29 is 18.3 Å². The summed E-state index contributed by atoms with van der Waals surface area (Å²) in [6, 6.07) is 0.946. The first-order valence-corrected chi connectivity index (χ1v) is 5.56. The maximum atomic E-state index is 13.9. The number of pyridine rings is 1. The smallest absolute Gasteiger partial charge is 0.341 e. The van der Waals surface area contributed by atoms with Crippen LogP contribution in [-0.2, 0) is 4.74 Å². The van der Waals surface area contributed by atoms with Gasteiger partial charge in [-0.05, 0) is 22.0 Å². The Morgan fingerprint density at radius 1 is 1.50 bits per heavy atom. The van der Waals surface area contributed by atoms with Gasteiger partial charge in [-0.3, -0.25) is 4.98 Å². The van der Waals surface area contributed by atoms with E-state index in [1.807, 2.05) is 0 Å². The molecule has 94 valence electrons. The fourth-order valence-electron chi connectivity index (χ4n) is 1.56. The number of aromatic nitrogens is 1.